The Labute approximate surface area is 406 Å². The number of fused-ring (bicyclic) bond motifs is 4. The van der Waals surface area contributed by atoms with E-state index in [-0.39, 0.29) is 21.7 Å². The summed E-state index contributed by atoms with van der Waals surface area (Å²) in [6.45, 7) is 21.9. The predicted octanol–water partition coefficient (Wildman–Crippen LogP) is 16.5. The Morgan fingerprint density at radius 3 is 1.43 bits per heavy atom. The lowest BCUT2D eigenvalue weighted by atomic mass is 9.54. The predicted molar refractivity (Wildman–Crippen MR) is 293 cm³/mol. The first-order chi connectivity index (χ1) is 32.6. The first-order valence-corrected chi connectivity index (χ1v) is 24.9. The van der Waals surface area contributed by atoms with Crippen molar-refractivity contribution in [2.75, 3.05) is 10.2 Å². The Kier molecular flexibility index (Phi) is 10.5. The molecule has 0 amide bonds. The molecular weight excluding hydrogens is 820 g/mol. The largest absolute Gasteiger partial charge is 0.355 e. The third-order valence-corrected chi connectivity index (χ3v) is 16.1. The number of benzene rings is 8. The minimum Gasteiger partial charge on any atom is -0.355 e. The van der Waals surface area contributed by atoms with Crippen LogP contribution in [0.5, 0.6) is 0 Å². The van der Waals surface area contributed by atoms with Gasteiger partial charge in [-0.15, -0.1) is 0 Å². The molecule has 0 bridgehead atoms. The molecule has 0 saturated heterocycles. The molecule has 0 unspecified atom stereocenters. The highest BCUT2D eigenvalue weighted by Crippen LogP contribution is 2.52. The fourth-order valence-corrected chi connectivity index (χ4v) is 11.7. The summed E-state index contributed by atoms with van der Waals surface area (Å²) in [6, 6.07) is 63.7. The van der Waals surface area contributed by atoms with E-state index < -0.39 is 0 Å². The Morgan fingerprint density at radius 1 is 0.397 bits per heavy atom. The smallest absolute Gasteiger partial charge is 0.197 e. The first-order valence-electron chi connectivity index (χ1n) is 24.9. The van der Waals surface area contributed by atoms with Gasteiger partial charge in [-0.05, 0) is 181 Å². The van der Waals surface area contributed by atoms with Crippen molar-refractivity contribution in [3.8, 4) is 44.5 Å². The molecule has 0 spiro atoms. The Bertz CT molecular complexity index is 3210. The van der Waals surface area contributed by atoms with Gasteiger partial charge in [0.2, 0.25) is 0 Å². The van der Waals surface area contributed by atoms with Crippen molar-refractivity contribution >= 4 is 46.6 Å². The molecule has 337 valence electrons. The van der Waals surface area contributed by atoms with Crippen LogP contribution < -0.4 is 21.1 Å². The van der Waals surface area contributed by atoms with Crippen molar-refractivity contribution < 1.29 is 0 Å². The summed E-state index contributed by atoms with van der Waals surface area (Å²) in [5, 5.41) is 4.06. The van der Waals surface area contributed by atoms with Gasteiger partial charge in [0.15, 0.2) is 7.28 Å². The van der Waals surface area contributed by atoms with Gasteiger partial charge >= 0.3 is 0 Å². The maximum Gasteiger partial charge on any atom is 0.197 e. The molecule has 3 heteroatoms. The molecule has 1 heterocycles. The summed E-state index contributed by atoms with van der Waals surface area (Å²) in [4.78, 5) is 2.61. The summed E-state index contributed by atoms with van der Waals surface area (Å²) >= 11 is 0. The van der Waals surface area contributed by atoms with Crippen molar-refractivity contribution in [1.29, 1.82) is 0 Å². The molecule has 2 aliphatic carbocycles. The summed E-state index contributed by atoms with van der Waals surface area (Å²) in [6.07, 6.45) is 4.62. The fourth-order valence-electron chi connectivity index (χ4n) is 11.7. The second-order valence-corrected chi connectivity index (χ2v) is 22.7. The zero-order valence-electron chi connectivity index (χ0n) is 41.5. The van der Waals surface area contributed by atoms with Crippen LogP contribution in [-0.2, 0) is 21.7 Å². The van der Waals surface area contributed by atoms with Crippen molar-refractivity contribution in [3.63, 3.8) is 0 Å². The van der Waals surface area contributed by atoms with Crippen LogP contribution in [0.15, 0.2) is 170 Å². The molecule has 68 heavy (non-hydrogen) atoms. The van der Waals surface area contributed by atoms with Gasteiger partial charge in [-0.2, -0.15) is 0 Å². The maximum atomic E-state index is 4.06. The van der Waals surface area contributed by atoms with Gasteiger partial charge in [0.25, 0.3) is 0 Å². The van der Waals surface area contributed by atoms with Crippen molar-refractivity contribution in [3.05, 3.63) is 198 Å². The van der Waals surface area contributed by atoms with Crippen molar-refractivity contribution in [2.24, 2.45) is 0 Å². The number of hydrogen-bond acceptors (Lipinski definition) is 2. The first kappa shape index (κ1) is 44.0. The van der Waals surface area contributed by atoms with E-state index >= 15 is 0 Å². The van der Waals surface area contributed by atoms with E-state index in [1.165, 1.54) is 107 Å². The van der Waals surface area contributed by atoms with Crippen LogP contribution in [0.25, 0.3) is 44.5 Å². The third-order valence-electron chi connectivity index (χ3n) is 16.1. The highest BCUT2D eigenvalue weighted by Gasteiger charge is 2.41. The lowest BCUT2D eigenvalue weighted by Crippen LogP contribution is -2.44. The van der Waals surface area contributed by atoms with Crippen LogP contribution in [0.3, 0.4) is 0 Å². The third kappa shape index (κ3) is 7.69. The molecule has 1 radical (unpaired) electrons. The Morgan fingerprint density at radius 2 is 0.868 bits per heavy atom. The quantitative estimate of drug-likeness (QED) is 0.160. The van der Waals surface area contributed by atoms with Gasteiger partial charge in [0.05, 0.1) is 0 Å². The molecule has 0 fully saturated rings. The molecule has 3 aliphatic rings. The second-order valence-electron chi connectivity index (χ2n) is 22.7. The highest BCUT2D eigenvalue weighted by atomic mass is 15.2. The number of nitrogens with one attached hydrogen (secondary N) is 1. The number of rotatable bonds is 7. The second kappa shape index (κ2) is 16.3. The zero-order valence-corrected chi connectivity index (χ0v) is 41.5. The summed E-state index contributed by atoms with van der Waals surface area (Å²) < 4.78 is 0. The molecule has 8 aromatic carbocycles. The van der Waals surface area contributed by atoms with Gasteiger partial charge in [-0.1, -0.05) is 176 Å². The standard InChI is InChI=1S/C65H64BN2/c1-42-35-47(44-21-15-11-16-22-44)27-30-58(42)68-59-41-55-53(63(4,5)32-34-65(55,8)9)39-56(59)66-61-51(36-48(37-60(61)68)45-23-17-12-18-24-45)50-38-52-54(64(6,7)33-31-62(52,2)3)40-57(50)67-49-28-25-46(26-29-49)43-19-13-10-14-20-43/h10-30,35-41,67H,31-34H2,1-9H3. The van der Waals surface area contributed by atoms with Crippen LogP contribution in [0.1, 0.15) is 109 Å². The average Bonchev–Trinajstić information content (AvgIpc) is 3.34. The van der Waals surface area contributed by atoms with E-state index in [2.05, 4.69) is 250 Å². The topological polar surface area (TPSA) is 15.3 Å². The van der Waals surface area contributed by atoms with Gasteiger partial charge in [0, 0.05) is 34.0 Å². The van der Waals surface area contributed by atoms with E-state index in [0.29, 0.717) is 0 Å². The van der Waals surface area contributed by atoms with E-state index in [1.807, 2.05) is 0 Å². The Balaban J connectivity index is 1.19. The van der Waals surface area contributed by atoms with Crippen LogP contribution >= 0.6 is 0 Å². The van der Waals surface area contributed by atoms with E-state index in [4.69, 9.17) is 0 Å². The minimum absolute atomic E-state index is 0.0178. The summed E-state index contributed by atoms with van der Waals surface area (Å²) in [7, 11) is 2.53. The molecular formula is C65H64BN2. The number of anilines is 5. The number of hydrogen-bond donors (Lipinski definition) is 1. The zero-order chi connectivity index (χ0) is 47.2. The Hall–Kier alpha value is -6.58. The van der Waals surface area contributed by atoms with E-state index in [0.717, 1.165) is 30.6 Å². The summed E-state index contributed by atoms with van der Waals surface area (Å²) in [5.41, 5.74) is 25.4. The fraction of sp³-hybridized carbons (Fsp3) is 0.262. The average molecular weight is 884 g/mol. The van der Waals surface area contributed by atoms with Crippen molar-refractivity contribution in [1.82, 2.24) is 0 Å². The lowest BCUT2D eigenvalue weighted by molar-refractivity contribution is 0.332. The number of aryl methyl sites for hydroxylation is 1. The maximum absolute atomic E-state index is 4.06. The molecule has 1 N–H and O–H groups in total. The molecule has 2 nitrogen and oxygen atoms in total. The van der Waals surface area contributed by atoms with Crippen molar-refractivity contribution in [2.45, 2.75) is 110 Å². The monoisotopic (exact) mass is 884 g/mol. The van der Waals surface area contributed by atoms with Gasteiger partial charge in [-0.3, -0.25) is 0 Å². The van der Waals surface area contributed by atoms with Gasteiger partial charge < -0.3 is 10.2 Å². The van der Waals surface area contributed by atoms with Gasteiger partial charge in [-0.25, -0.2) is 0 Å². The minimum atomic E-state index is 0.0178. The summed E-state index contributed by atoms with van der Waals surface area (Å²) in [5.74, 6) is 0. The van der Waals surface area contributed by atoms with Crippen LogP contribution in [0.4, 0.5) is 28.4 Å². The van der Waals surface area contributed by atoms with E-state index in [9.17, 15) is 0 Å². The SMILES string of the molecule is Cc1cc(-c2ccccc2)ccc1N1c2cc3c(cc2[B]c2c(-c4cc5c(cc4Nc4ccc(-c6ccccc6)cc4)C(C)(C)CCC5(C)C)cc(-c4ccccc4)cc21)C(C)(C)CCC3(C)C. The molecule has 11 rings (SSSR count). The number of nitrogens with zero attached hydrogens (tertiary/aromatic N) is 1. The molecule has 0 aromatic heterocycles. The van der Waals surface area contributed by atoms with Crippen LogP contribution in [0.2, 0.25) is 0 Å². The normalized spacial score (nSPS) is 16.9. The molecule has 0 atom stereocenters. The van der Waals surface area contributed by atoms with Crippen LogP contribution in [-0.4, -0.2) is 7.28 Å². The van der Waals surface area contributed by atoms with E-state index in [1.54, 1.807) is 0 Å². The molecule has 8 aromatic rings. The molecule has 0 saturated carbocycles. The lowest BCUT2D eigenvalue weighted by Gasteiger charge is -2.45. The van der Waals surface area contributed by atoms with Crippen LogP contribution in [0, 0.1) is 6.92 Å². The highest BCUT2D eigenvalue weighted by molar-refractivity contribution is 6.73. The van der Waals surface area contributed by atoms with Gasteiger partial charge in [0.1, 0.15) is 0 Å². The molecule has 1 aliphatic heterocycles.